The minimum absolute atomic E-state index is 0.117. The third-order valence-corrected chi connectivity index (χ3v) is 5.58. The van der Waals surface area contributed by atoms with Crippen LogP contribution < -0.4 is 9.80 Å². The number of rotatable bonds is 4. The second-order valence-corrected chi connectivity index (χ2v) is 7.51. The quantitative estimate of drug-likeness (QED) is 0.652. The topological polar surface area (TPSA) is 91.5 Å². The van der Waals surface area contributed by atoms with Gasteiger partial charge >= 0.3 is 0 Å². The molecule has 0 saturated carbocycles. The molecule has 2 aliphatic heterocycles. The molecule has 0 aliphatic carbocycles. The summed E-state index contributed by atoms with van der Waals surface area (Å²) in [6.45, 7) is 4.69. The van der Waals surface area contributed by atoms with Crippen molar-refractivity contribution in [3.05, 3.63) is 48.5 Å². The summed E-state index contributed by atoms with van der Waals surface area (Å²) in [5.41, 5.74) is 1.12. The molecule has 0 unspecified atom stereocenters. The van der Waals surface area contributed by atoms with Gasteiger partial charge in [0.2, 0.25) is 5.95 Å². The molecular weight excluding hydrogens is 382 g/mol. The third kappa shape index (κ3) is 3.70. The molecule has 5 heterocycles. The fraction of sp³-hybridized carbons (Fsp3) is 0.381. The summed E-state index contributed by atoms with van der Waals surface area (Å²) in [7, 11) is 0. The summed E-state index contributed by atoms with van der Waals surface area (Å²) >= 11 is 0. The maximum atomic E-state index is 12.9. The van der Waals surface area contributed by atoms with Crippen LogP contribution in [0.1, 0.15) is 23.3 Å². The van der Waals surface area contributed by atoms with E-state index < -0.39 is 0 Å². The van der Waals surface area contributed by atoms with E-state index in [4.69, 9.17) is 9.51 Å². The largest absolute Gasteiger partial charge is 0.355 e. The van der Waals surface area contributed by atoms with Crippen LogP contribution in [0.3, 0.4) is 0 Å². The first-order valence-electron chi connectivity index (χ1n) is 10.3. The molecule has 0 N–H and O–H groups in total. The van der Waals surface area contributed by atoms with Gasteiger partial charge in [-0.05, 0) is 31.0 Å². The van der Waals surface area contributed by atoms with Crippen LogP contribution in [-0.2, 0) is 0 Å². The molecule has 2 saturated heterocycles. The van der Waals surface area contributed by atoms with Crippen LogP contribution >= 0.6 is 0 Å². The molecule has 9 nitrogen and oxygen atoms in total. The zero-order valence-corrected chi connectivity index (χ0v) is 16.6. The molecule has 154 valence electrons. The van der Waals surface area contributed by atoms with E-state index in [2.05, 4.69) is 24.9 Å². The number of anilines is 2. The Bertz CT molecular complexity index is 1010. The summed E-state index contributed by atoms with van der Waals surface area (Å²) in [6, 6.07) is 7.31. The van der Waals surface area contributed by atoms with E-state index in [9.17, 15) is 4.79 Å². The van der Waals surface area contributed by atoms with E-state index in [1.807, 2.05) is 29.3 Å². The number of amides is 1. The Morgan fingerprint density at radius 3 is 2.57 bits per heavy atom. The van der Waals surface area contributed by atoms with Crippen molar-refractivity contribution in [3.63, 3.8) is 0 Å². The molecule has 0 radical (unpaired) electrons. The zero-order valence-electron chi connectivity index (χ0n) is 16.6. The lowest BCUT2D eigenvalue weighted by atomic mass is 10.2. The summed E-state index contributed by atoms with van der Waals surface area (Å²) in [5, 5.41) is 3.97. The highest BCUT2D eigenvalue weighted by molar-refractivity contribution is 5.93. The number of piperazine rings is 1. The van der Waals surface area contributed by atoms with E-state index in [1.165, 1.54) is 12.8 Å². The Morgan fingerprint density at radius 1 is 0.967 bits per heavy atom. The highest BCUT2D eigenvalue weighted by Gasteiger charge is 2.26. The summed E-state index contributed by atoms with van der Waals surface area (Å²) in [6.07, 6.45) is 7.59. The van der Waals surface area contributed by atoms with E-state index in [0.29, 0.717) is 24.5 Å². The lowest BCUT2D eigenvalue weighted by Gasteiger charge is -2.35. The predicted molar refractivity (Wildman–Crippen MR) is 111 cm³/mol. The average Bonchev–Trinajstić information content (AvgIpc) is 3.52. The Morgan fingerprint density at radius 2 is 1.80 bits per heavy atom. The summed E-state index contributed by atoms with van der Waals surface area (Å²) in [5.74, 6) is 2.14. The van der Waals surface area contributed by atoms with Gasteiger partial charge in [0, 0.05) is 69.5 Å². The fourth-order valence-corrected chi connectivity index (χ4v) is 3.91. The molecule has 3 aromatic heterocycles. The maximum absolute atomic E-state index is 12.9. The number of aromatic nitrogens is 4. The van der Waals surface area contributed by atoms with E-state index >= 15 is 0 Å². The number of carbonyl (C=O) groups is 1. The highest BCUT2D eigenvalue weighted by Crippen LogP contribution is 2.22. The number of pyridine rings is 1. The van der Waals surface area contributed by atoms with Crippen molar-refractivity contribution in [2.45, 2.75) is 12.8 Å². The molecule has 0 aromatic carbocycles. The monoisotopic (exact) mass is 405 g/mol. The van der Waals surface area contributed by atoms with Gasteiger partial charge in [0.15, 0.2) is 11.5 Å². The van der Waals surface area contributed by atoms with Crippen LogP contribution in [0, 0.1) is 0 Å². The van der Waals surface area contributed by atoms with E-state index in [-0.39, 0.29) is 5.91 Å². The minimum atomic E-state index is -0.117. The second kappa shape index (κ2) is 8.10. The van der Waals surface area contributed by atoms with Gasteiger partial charge in [-0.25, -0.2) is 4.98 Å². The van der Waals surface area contributed by atoms with Crippen LogP contribution in [0.5, 0.6) is 0 Å². The Hall–Kier alpha value is -3.49. The van der Waals surface area contributed by atoms with Crippen molar-refractivity contribution in [1.29, 1.82) is 0 Å². The zero-order chi connectivity index (χ0) is 20.3. The second-order valence-electron chi connectivity index (χ2n) is 7.51. The lowest BCUT2D eigenvalue weighted by molar-refractivity contribution is 0.0736. The molecule has 0 atom stereocenters. The van der Waals surface area contributed by atoms with Crippen LogP contribution in [-0.4, -0.2) is 70.2 Å². The van der Waals surface area contributed by atoms with Gasteiger partial charge in [0.1, 0.15) is 5.82 Å². The average molecular weight is 405 g/mol. The molecule has 0 bridgehead atoms. The number of nitrogens with zero attached hydrogens (tertiary/aromatic N) is 7. The van der Waals surface area contributed by atoms with Gasteiger partial charge in [-0.1, -0.05) is 5.16 Å². The maximum Gasteiger partial charge on any atom is 0.276 e. The summed E-state index contributed by atoms with van der Waals surface area (Å²) in [4.78, 5) is 32.3. The molecule has 1 amide bonds. The molecule has 2 aliphatic rings. The van der Waals surface area contributed by atoms with Crippen molar-refractivity contribution >= 4 is 17.7 Å². The first kappa shape index (κ1) is 18.5. The standard InChI is InChI=1S/C21H23N7O2/c29-20(17-14-18(30-25-17)16-4-3-6-22-15-16)27-12-10-26(11-13-27)19-5-7-23-21(24-19)28-8-1-2-9-28/h3-7,14-15H,1-2,8-13H2. The van der Waals surface area contributed by atoms with E-state index in [1.54, 1.807) is 18.5 Å². The van der Waals surface area contributed by atoms with Gasteiger partial charge in [-0.3, -0.25) is 9.78 Å². The van der Waals surface area contributed by atoms with E-state index in [0.717, 1.165) is 43.5 Å². The minimum Gasteiger partial charge on any atom is -0.355 e. The smallest absolute Gasteiger partial charge is 0.276 e. The SMILES string of the molecule is O=C(c1cc(-c2cccnc2)on1)N1CCN(c2ccnc(N3CCCC3)n2)CC1. The fourth-order valence-electron chi connectivity index (χ4n) is 3.91. The predicted octanol–water partition coefficient (Wildman–Crippen LogP) is 2.09. The van der Waals surface area contributed by atoms with Gasteiger partial charge in [0.05, 0.1) is 0 Å². The summed E-state index contributed by atoms with van der Waals surface area (Å²) < 4.78 is 5.35. The number of carbonyl (C=O) groups excluding carboxylic acids is 1. The molecule has 3 aromatic rings. The van der Waals surface area contributed by atoms with Crippen molar-refractivity contribution < 1.29 is 9.32 Å². The first-order valence-corrected chi connectivity index (χ1v) is 10.3. The van der Waals surface area contributed by atoms with Gasteiger partial charge in [-0.2, -0.15) is 4.98 Å². The molecule has 9 heteroatoms. The molecule has 5 rings (SSSR count). The Labute approximate surface area is 174 Å². The van der Waals surface area contributed by atoms with Crippen LogP contribution in [0.4, 0.5) is 11.8 Å². The number of hydrogen-bond acceptors (Lipinski definition) is 8. The van der Waals surface area contributed by atoms with Crippen molar-refractivity contribution in [3.8, 4) is 11.3 Å². The molecule has 2 fully saturated rings. The third-order valence-electron chi connectivity index (χ3n) is 5.58. The molecule has 30 heavy (non-hydrogen) atoms. The van der Waals surface area contributed by atoms with Gasteiger partial charge in [0.25, 0.3) is 5.91 Å². The highest BCUT2D eigenvalue weighted by atomic mass is 16.5. The lowest BCUT2D eigenvalue weighted by Crippen LogP contribution is -2.49. The molecule has 0 spiro atoms. The van der Waals surface area contributed by atoms with Crippen molar-refractivity contribution in [2.75, 3.05) is 49.1 Å². The Kier molecular flexibility index (Phi) is 5.00. The van der Waals surface area contributed by atoms with Crippen LogP contribution in [0.15, 0.2) is 47.4 Å². The van der Waals surface area contributed by atoms with Gasteiger partial charge < -0.3 is 19.2 Å². The van der Waals surface area contributed by atoms with Crippen molar-refractivity contribution in [1.82, 2.24) is 25.0 Å². The van der Waals surface area contributed by atoms with Crippen LogP contribution in [0.2, 0.25) is 0 Å². The van der Waals surface area contributed by atoms with Crippen LogP contribution in [0.25, 0.3) is 11.3 Å². The van der Waals surface area contributed by atoms with Gasteiger partial charge in [-0.15, -0.1) is 0 Å². The first-order chi connectivity index (χ1) is 14.8. The Balaban J connectivity index is 1.22. The van der Waals surface area contributed by atoms with Crippen molar-refractivity contribution in [2.24, 2.45) is 0 Å². The molecular formula is C21H23N7O2. The number of hydrogen-bond donors (Lipinski definition) is 0. The normalized spacial score (nSPS) is 16.9.